The molecule has 0 aromatic rings. The summed E-state index contributed by atoms with van der Waals surface area (Å²) in [5.74, 6) is -2.03. The van der Waals surface area contributed by atoms with Crippen LogP contribution in [-0.2, 0) is 14.3 Å². The fraction of sp³-hybridized carbons (Fsp3) is 0.800. The molecule has 0 rings (SSSR count). The molecule has 0 bridgehead atoms. The normalized spacial score (nSPS) is 14.1. The number of carbonyl (C=O) groups excluding carboxylic acids is 1. The number of halogens is 4. The molecule has 0 aromatic heterocycles. The van der Waals surface area contributed by atoms with Crippen LogP contribution in [0, 0.1) is 0 Å². The van der Waals surface area contributed by atoms with Crippen LogP contribution in [0.4, 0.5) is 0 Å². The lowest BCUT2D eigenvalue weighted by atomic mass is 10.0. The molecule has 0 aliphatic heterocycles. The van der Waals surface area contributed by atoms with Crippen molar-refractivity contribution >= 4 is 62.7 Å². The van der Waals surface area contributed by atoms with E-state index in [0.29, 0.717) is 6.42 Å². The Morgan fingerprint density at radius 2 is 1.83 bits per heavy atom. The van der Waals surface area contributed by atoms with Gasteiger partial charge in [0, 0.05) is 0 Å². The molecule has 0 fully saturated rings. The Hall–Kier alpha value is 0.290. The minimum atomic E-state index is -1.37. The number of carboxylic acids is 1. The summed E-state index contributed by atoms with van der Waals surface area (Å²) in [7, 11) is 0. The minimum absolute atomic E-state index is 0.252. The van der Waals surface area contributed by atoms with Crippen LogP contribution in [0.1, 0.15) is 33.1 Å². The van der Waals surface area contributed by atoms with Crippen LogP contribution in [0.15, 0.2) is 0 Å². The van der Waals surface area contributed by atoms with Crippen LogP contribution < -0.4 is 0 Å². The second-order valence-electron chi connectivity index (χ2n) is 4.27. The van der Waals surface area contributed by atoms with Gasteiger partial charge in [-0.25, -0.2) is 0 Å². The Morgan fingerprint density at radius 1 is 1.33 bits per heavy atom. The standard InChI is InChI=1S/C10H14BrCl3O4/c1-9(2,18-8(17)5-7(15)16)6(11)3-4-10(12,13)14/h6H,3-5H2,1-2H3,(H,15,16). The van der Waals surface area contributed by atoms with Gasteiger partial charge in [-0.15, -0.1) is 0 Å². The fourth-order valence-electron chi connectivity index (χ4n) is 1.15. The Morgan fingerprint density at radius 3 is 2.22 bits per heavy atom. The van der Waals surface area contributed by atoms with Crippen molar-refractivity contribution in [2.45, 2.75) is 47.3 Å². The highest BCUT2D eigenvalue weighted by Gasteiger charge is 2.34. The van der Waals surface area contributed by atoms with Crippen LogP contribution in [0.3, 0.4) is 0 Å². The predicted octanol–water partition coefficient (Wildman–Crippen LogP) is 3.70. The van der Waals surface area contributed by atoms with Gasteiger partial charge in [0.15, 0.2) is 3.79 Å². The zero-order chi connectivity index (χ0) is 14.6. The second-order valence-corrected chi connectivity index (χ2v) is 7.89. The third kappa shape index (κ3) is 8.40. The number of hydrogen-bond donors (Lipinski definition) is 1. The fourth-order valence-corrected chi connectivity index (χ4v) is 1.80. The van der Waals surface area contributed by atoms with E-state index in [4.69, 9.17) is 44.6 Å². The molecule has 18 heavy (non-hydrogen) atoms. The molecule has 0 aromatic carbocycles. The van der Waals surface area contributed by atoms with Crippen molar-refractivity contribution in [2.75, 3.05) is 0 Å². The highest BCUT2D eigenvalue weighted by Crippen LogP contribution is 2.35. The van der Waals surface area contributed by atoms with Crippen molar-refractivity contribution in [1.29, 1.82) is 0 Å². The van der Waals surface area contributed by atoms with Gasteiger partial charge in [-0.3, -0.25) is 9.59 Å². The van der Waals surface area contributed by atoms with Crippen LogP contribution in [0.5, 0.6) is 0 Å². The number of carbonyl (C=O) groups is 2. The highest BCUT2D eigenvalue weighted by atomic mass is 79.9. The smallest absolute Gasteiger partial charge is 0.317 e. The summed E-state index contributed by atoms with van der Waals surface area (Å²) < 4.78 is 3.71. The lowest BCUT2D eigenvalue weighted by Gasteiger charge is -2.30. The number of rotatable bonds is 6. The quantitative estimate of drug-likeness (QED) is 0.431. The lowest BCUT2D eigenvalue weighted by molar-refractivity contribution is -0.160. The average molecular weight is 384 g/mol. The lowest BCUT2D eigenvalue weighted by Crippen LogP contribution is -2.38. The molecule has 8 heteroatoms. The Balaban J connectivity index is 4.34. The summed E-state index contributed by atoms with van der Waals surface area (Å²) >= 11 is 20.2. The molecule has 1 atom stereocenters. The van der Waals surface area contributed by atoms with E-state index in [1.165, 1.54) is 0 Å². The molecule has 0 radical (unpaired) electrons. The van der Waals surface area contributed by atoms with E-state index in [0.717, 1.165) is 0 Å². The second kappa shape index (κ2) is 7.17. The van der Waals surface area contributed by atoms with Gasteiger partial charge >= 0.3 is 11.9 Å². The summed E-state index contributed by atoms with van der Waals surface area (Å²) in [4.78, 5) is 21.4. The maximum absolute atomic E-state index is 11.3. The monoisotopic (exact) mass is 382 g/mol. The van der Waals surface area contributed by atoms with Gasteiger partial charge in [0.1, 0.15) is 12.0 Å². The maximum atomic E-state index is 11.3. The van der Waals surface area contributed by atoms with Crippen LogP contribution in [-0.4, -0.2) is 31.3 Å². The van der Waals surface area contributed by atoms with Crippen molar-refractivity contribution in [2.24, 2.45) is 0 Å². The Bertz CT molecular complexity index is 315. The van der Waals surface area contributed by atoms with Gasteiger partial charge in [-0.2, -0.15) is 0 Å². The number of hydrogen-bond acceptors (Lipinski definition) is 3. The zero-order valence-electron chi connectivity index (χ0n) is 9.88. The van der Waals surface area contributed by atoms with Crippen molar-refractivity contribution < 1.29 is 19.4 Å². The summed E-state index contributed by atoms with van der Waals surface area (Å²) in [5, 5.41) is 8.46. The molecule has 4 nitrogen and oxygen atoms in total. The highest BCUT2D eigenvalue weighted by molar-refractivity contribution is 9.09. The Kier molecular flexibility index (Phi) is 7.29. The topological polar surface area (TPSA) is 63.6 Å². The van der Waals surface area contributed by atoms with Gasteiger partial charge in [0.2, 0.25) is 0 Å². The zero-order valence-corrected chi connectivity index (χ0v) is 13.7. The number of ether oxygens (including phenoxy) is 1. The molecular formula is C10H14BrCl3O4. The SMILES string of the molecule is CC(C)(OC(=O)CC(=O)O)C(Br)CCC(Cl)(Cl)Cl. The van der Waals surface area contributed by atoms with E-state index in [-0.39, 0.29) is 11.2 Å². The molecule has 1 unspecified atom stereocenters. The number of esters is 1. The third-order valence-corrected chi connectivity index (χ3v) is 4.24. The van der Waals surface area contributed by atoms with Crippen molar-refractivity contribution in [3.05, 3.63) is 0 Å². The van der Waals surface area contributed by atoms with Gasteiger partial charge in [-0.1, -0.05) is 50.7 Å². The summed E-state index contributed by atoms with van der Waals surface area (Å²) in [6, 6.07) is 0. The van der Waals surface area contributed by atoms with E-state index >= 15 is 0 Å². The summed E-state index contributed by atoms with van der Waals surface area (Å²) in [5.41, 5.74) is -0.886. The number of carboxylic acid groups (broad SMARTS) is 1. The van der Waals surface area contributed by atoms with E-state index in [2.05, 4.69) is 15.9 Å². The molecule has 0 spiro atoms. The average Bonchev–Trinajstić information content (AvgIpc) is 2.10. The largest absolute Gasteiger partial charge is 0.481 e. The molecule has 106 valence electrons. The molecule has 0 heterocycles. The van der Waals surface area contributed by atoms with E-state index in [9.17, 15) is 9.59 Å². The number of alkyl halides is 4. The molecule has 1 N–H and O–H groups in total. The molecule has 0 aliphatic carbocycles. The first-order chi connectivity index (χ1) is 7.94. The number of aliphatic carboxylic acids is 1. The van der Waals surface area contributed by atoms with Crippen molar-refractivity contribution in [3.8, 4) is 0 Å². The molecular weight excluding hydrogens is 370 g/mol. The first-order valence-electron chi connectivity index (χ1n) is 5.08. The molecule has 0 saturated carbocycles. The third-order valence-electron chi connectivity index (χ3n) is 2.11. The molecule has 0 amide bonds. The predicted molar refractivity (Wildman–Crippen MR) is 74.7 cm³/mol. The van der Waals surface area contributed by atoms with Crippen molar-refractivity contribution in [3.63, 3.8) is 0 Å². The van der Waals surface area contributed by atoms with Crippen molar-refractivity contribution in [1.82, 2.24) is 0 Å². The van der Waals surface area contributed by atoms with E-state index in [1.54, 1.807) is 13.8 Å². The summed E-state index contributed by atoms with van der Waals surface area (Å²) in [6.07, 6.45) is 0.0744. The van der Waals surface area contributed by atoms with Gasteiger partial charge in [0.25, 0.3) is 0 Å². The first-order valence-corrected chi connectivity index (χ1v) is 7.13. The van der Waals surface area contributed by atoms with Crippen LogP contribution in [0.2, 0.25) is 0 Å². The van der Waals surface area contributed by atoms with Gasteiger partial charge in [0.05, 0.1) is 4.83 Å². The Labute approximate surface area is 129 Å². The van der Waals surface area contributed by atoms with E-state index < -0.39 is 27.8 Å². The molecule has 0 aliphatic rings. The maximum Gasteiger partial charge on any atom is 0.317 e. The molecule has 0 saturated heterocycles. The van der Waals surface area contributed by atoms with E-state index in [1.807, 2.05) is 0 Å². The van der Waals surface area contributed by atoms with Crippen LogP contribution in [0.25, 0.3) is 0 Å². The van der Waals surface area contributed by atoms with Gasteiger partial charge < -0.3 is 9.84 Å². The van der Waals surface area contributed by atoms with Gasteiger partial charge in [-0.05, 0) is 26.7 Å². The minimum Gasteiger partial charge on any atom is -0.481 e. The summed E-state index contributed by atoms with van der Waals surface area (Å²) in [6.45, 7) is 3.31. The van der Waals surface area contributed by atoms with Crippen LogP contribution >= 0.6 is 50.7 Å². The first kappa shape index (κ1) is 18.3.